The quantitative estimate of drug-likeness (QED) is 0.325. The van der Waals surface area contributed by atoms with Gasteiger partial charge in [-0.15, -0.1) is 0 Å². The average molecular weight is 407 g/mol. The molecule has 5 aromatic rings. The summed E-state index contributed by atoms with van der Waals surface area (Å²) in [5.41, 5.74) is 4.10. The molecule has 0 unspecified atom stereocenters. The smallest absolute Gasteiger partial charge is 0.298 e. The van der Waals surface area contributed by atoms with Crippen LogP contribution in [0.15, 0.2) is 102 Å². The molecule has 0 bridgehead atoms. The first-order valence-corrected chi connectivity index (χ1v) is 9.71. The third kappa shape index (κ3) is 3.51. The number of aromatic nitrogens is 2. The lowest BCUT2D eigenvalue weighted by Crippen LogP contribution is -2.24. The monoisotopic (exact) mass is 407 g/mol. The van der Waals surface area contributed by atoms with Gasteiger partial charge in [-0.1, -0.05) is 36.4 Å². The van der Waals surface area contributed by atoms with Crippen LogP contribution < -0.4 is 5.32 Å². The zero-order chi connectivity index (χ0) is 21.2. The molecule has 0 spiro atoms. The highest BCUT2D eigenvalue weighted by molar-refractivity contribution is 6.47. The molecule has 6 nitrogen and oxygen atoms in total. The van der Waals surface area contributed by atoms with E-state index in [0.29, 0.717) is 22.7 Å². The fraction of sp³-hybridized carbons (Fsp3) is 0. The number of carbonyl (C=O) groups excluding carboxylic acids is 2. The highest BCUT2D eigenvalue weighted by Gasteiger charge is 2.24. The van der Waals surface area contributed by atoms with E-state index in [0.717, 1.165) is 16.6 Å². The summed E-state index contributed by atoms with van der Waals surface area (Å²) < 4.78 is 7.02. The molecular weight excluding hydrogens is 390 g/mol. The maximum absolute atomic E-state index is 13.2. The van der Waals surface area contributed by atoms with Gasteiger partial charge in [-0.05, 0) is 48.0 Å². The van der Waals surface area contributed by atoms with Gasteiger partial charge in [0.25, 0.3) is 11.7 Å². The lowest BCUT2D eigenvalue weighted by molar-refractivity contribution is -0.112. The van der Waals surface area contributed by atoms with Crippen LogP contribution in [0.1, 0.15) is 10.5 Å². The van der Waals surface area contributed by atoms with Crippen LogP contribution in [0.4, 0.5) is 5.69 Å². The van der Waals surface area contributed by atoms with Crippen molar-refractivity contribution in [2.24, 2.45) is 0 Å². The molecule has 3 heterocycles. The number of carbonyl (C=O) groups is 2. The highest BCUT2D eigenvalue weighted by atomic mass is 16.3. The summed E-state index contributed by atoms with van der Waals surface area (Å²) in [7, 11) is 0. The van der Waals surface area contributed by atoms with Gasteiger partial charge < -0.3 is 14.1 Å². The zero-order valence-electron chi connectivity index (χ0n) is 16.4. The number of anilines is 1. The SMILES string of the molecule is O=C(Nc1ccc(-c2cnco2)cc1)C(=O)c1c(-c2ccccc2)cc2ccccn12. The number of rotatable bonds is 5. The van der Waals surface area contributed by atoms with E-state index in [1.807, 2.05) is 54.6 Å². The summed E-state index contributed by atoms with van der Waals surface area (Å²) in [5.74, 6) is -0.682. The number of benzene rings is 2. The Morgan fingerprint density at radius 3 is 2.39 bits per heavy atom. The first-order chi connectivity index (χ1) is 15.2. The van der Waals surface area contributed by atoms with Crippen LogP contribution >= 0.6 is 0 Å². The van der Waals surface area contributed by atoms with Gasteiger partial charge in [0.05, 0.1) is 6.20 Å². The second kappa shape index (κ2) is 7.76. The molecule has 0 radical (unpaired) electrons. The zero-order valence-corrected chi connectivity index (χ0v) is 16.4. The summed E-state index contributed by atoms with van der Waals surface area (Å²) in [6, 6.07) is 24.1. The number of Topliss-reactive ketones (excluding diaryl/α,β-unsaturated/α-hetero) is 1. The number of hydrogen-bond donors (Lipinski definition) is 1. The summed E-state index contributed by atoms with van der Waals surface area (Å²) in [6.07, 6.45) is 4.75. The lowest BCUT2D eigenvalue weighted by Gasteiger charge is -2.08. The Morgan fingerprint density at radius 2 is 1.65 bits per heavy atom. The fourth-order valence-corrected chi connectivity index (χ4v) is 3.56. The maximum atomic E-state index is 13.2. The predicted molar refractivity (Wildman–Crippen MR) is 118 cm³/mol. The van der Waals surface area contributed by atoms with Crippen molar-refractivity contribution in [3.8, 4) is 22.5 Å². The van der Waals surface area contributed by atoms with Crippen LogP contribution in [0.5, 0.6) is 0 Å². The molecule has 0 aliphatic rings. The lowest BCUT2D eigenvalue weighted by atomic mass is 10.0. The van der Waals surface area contributed by atoms with Crippen molar-refractivity contribution in [3.63, 3.8) is 0 Å². The van der Waals surface area contributed by atoms with Gasteiger partial charge in [-0.2, -0.15) is 0 Å². The van der Waals surface area contributed by atoms with Gasteiger partial charge in [-0.25, -0.2) is 4.98 Å². The van der Waals surface area contributed by atoms with Crippen LogP contribution in [-0.2, 0) is 4.79 Å². The third-order valence-electron chi connectivity index (χ3n) is 5.05. The Labute approximate surface area is 177 Å². The number of oxazole rings is 1. The minimum absolute atomic E-state index is 0.331. The minimum Gasteiger partial charge on any atom is -0.444 e. The predicted octanol–water partition coefficient (Wildman–Crippen LogP) is 5.08. The average Bonchev–Trinajstić information content (AvgIpc) is 3.48. The Bertz CT molecular complexity index is 1370. The Kier molecular flexibility index (Phi) is 4.65. The van der Waals surface area contributed by atoms with Crippen molar-refractivity contribution in [1.29, 1.82) is 0 Å². The topological polar surface area (TPSA) is 76.6 Å². The Morgan fingerprint density at radius 1 is 0.871 bits per heavy atom. The molecule has 0 aliphatic carbocycles. The third-order valence-corrected chi connectivity index (χ3v) is 5.05. The highest BCUT2D eigenvalue weighted by Crippen LogP contribution is 2.28. The molecule has 1 N–H and O–H groups in total. The van der Waals surface area contributed by atoms with E-state index in [1.54, 1.807) is 41.1 Å². The van der Waals surface area contributed by atoms with E-state index in [9.17, 15) is 9.59 Å². The number of nitrogens with zero attached hydrogens (tertiary/aromatic N) is 2. The van der Waals surface area contributed by atoms with Gasteiger partial charge in [0.1, 0.15) is 5.69 Å². The molecular formula is C25H17N3O3. The molecule has 0 atom stereocenters. The molecule has 2 aromatic carbocycles. The molecule has 0 fully saturated rings. The van der Waals surface area contributed by atoms with Crippen LogP contribution in [0, 0.1) is 0 Å². The van der Waals surface area contributed by atoms with Crippen LogP contribution in [0.25, 0.3) is 28.0 Å². The van der Waals surface area contributed by atoms with Crippen molar-refractivity contribution >= 4 is 22.9 Å². The molecule has 0 saturated carbocycles. The van der Waals surface area contributed by atoms with Gasteiger partial charge in [-0.3, -0.25) is 9.59 Å². The fourth-order valence-electron chi connectivity index (χ4n) is 3.56. The summed E-state index contributed by atoms with van der Waals surface area (Å²) >= 11 is 0. The standard InChI is InChI=1S/C25H17N3O3/c29-24(25(30)27-19-11-9-18(10-12-19)22-15-26-16-31-22)23-21(17-6-2-1-3-7-17)14-20-8-4-5-13-28(20)23/h1-16H,(H,27,30). The minimum atomic E-state index is -0.701. The second-order valence-electron chi connectivity index (χ2n) is 6.99. The molecule has 0 aliphatic heterocycles. The Hall–Kier alpha value is -4.45. The summed E-state index contributed by atoms with van der Waals surface area (Å²) in [4.78, 5) is 30.0. The Balaban J connectivity index is 1.46. The van der Waals surface area contributed by atoms with Gasteiger partial charge in [0, 0.05) is 28.5 Å². The molecule has 6 heteroatoms. The first-order valence-electron chi connectivity index (χ1n) is 9.71. The van der Waals surface area contributed by atoms with Gasteiger partial charge in [0.15, 0.2) is 12.2 Å². The molecule has 3 aromatic heterocycles. The van der Waals surface area contributed by atoms with Gasteiger partial charge >= 0.3 is 0 Å². The number of amides is 1. The molecule has 1 amide bonds. The first kappa shape index (κ1) is 18.6. The van der Waals surface area contributed by atoms with Crippen molar-refractivity contribution in [2.45, 2.75) is 0 Å². The van der Waals surface area contributed by atoms with Crippen LogP contribution in [0.2, 0.25) is 0 Å². The van der Waals surface area contributed by atoms with E-state index in [1.165, 1.54) is 6.39 Å². The number of pyridine rings is 1. The maximum Gasteiger partial charge on any atom is 0.298 e. The number of nitrogens with one attached hydrogen (secondary N) is 1. The van der Waals surface area contributed by atoms with Crippen molar-refractivity contribution in [2.75, 3.05) is 5.32 Å². The largest absolute Gasteiger partial charge is 0.444 e. The van der Waals surface area contributed by atoms with Crippen molar-refractivity contribution in [3.05, 3.63) is 103 Å². The van der Waals surface area contributed by atoms with E-state index in [4.69, 9.17) is 4.42 Å². The van der Waals surface area contributed by atoms with Crippen molar-refractivity contribution < 1.29 is 14.0 Å². The number of ketones is 1. The van der Waals surface area contributed by atoms with E-state index in [-0.39, 0.29) is 0 Å². The number of hydrogen-bond acceptors (Lipinski definition) is 4. The van der Waals surface area contributed by atoms with Crippen LogP contribution in [0.3, 0.4) is 0 Å². The summed E-state index contributed by atoms with van der Waals surface area (Å²) in [5, 5.41) is 2.70. The van der Waals surface area contributed by atoms with E-state index < -0.39 is 11.7 Å². The van der Waals surface area contributed by atoms with Crippen molar-refractivity contribution in [1.82, 2.24) is 9.38 Å². The molecule has 31 heavy (non-hydrogen) atoms. The second-order valence-corrected chi connectivity index (χ2v) is 6.99. The number of fused-ring (bicyclic) bond motifs is 1. The molecule has 0 saturated heterocycles. The van der Waals surface area contributed by atoms with Crippen LogP contribution in [-0.4, -0.2) is 21.1 Å². The van der Waals surface area contributed by atoms with Gasteiger partial charge in [0.2, 0.25) is 0 Å². The van der Waals surface area contributed by atoms with E-state index in [2.05, 4.69) is 10.3 Å². The molecule has 5 rings (SSSR count). The molecule has 150 valence electrons. The van der Waals surface area contributed by atoms with E-state index >= 15 is 0 Å². The normalized spacial score (nSPS) is 10.8. The summed E-state index contributed by atoms with van der Waals surface area (Å²) in [6.45, 7) is 0.